The highest BCUT2D eigenvalue weighted by Crippen LogP contribution is 2.67. The van der Waals surface area contributed by atoms with Crippen LogP contribution in [0.3, 0.4) is 0 Å². The van der Waals surface area contributed by atoms with Crippen molar-refractivity contribution in [2.75, 3.05) is 19.8 Å². The van der Waals surface area contributed by atoms with E-state index < -0.39 is 28.7 Å². The molecule has 3 saturated carbocycles. The first-order valence-electron chi connectivity index (χ1n) is 15.7. The Labute approximate surface area is 258 Å². The van der Waals surface area contributed by atoms with Crippen molar-refractivity contribution in [2.24, 2.45) is 40.4 Å². The number of ketones is 2. The Morgan fingerprint density at radius 2 is 1.84 bits per heavy atom. The van der Waals surface area contributed by atoms with Gasteiger partial charge in [-0.15, -0.1) is 10.1 Å². The Morgan fingerprint density at radius 3 is 2.48 bits per heavy atom. The van der Waals surface area contributed by atoms with Crippen LogP contribution in [0, 0.1) is 50.5 Å². The van der Waals surface area contributed by atoms with Crippen LogP contribution in [0.15, 0.2) is 23.8 Å². The molecule has 12 heteroatoms. The third kappa shape index (κ3) is 8.05. The van der Waals surface area contributed by atoms with Crippen molar-refractivity contribution < 1.29 is 48.8 Å². The fourth-order valence-corrected chi connectivity index (χ4v) is 8.47. The van der Waals surface area contributed by atoms with Crippen molar-refractivity contribution in [3.8, 4) is 0 Å². The summed E-state index contributed by atoms with van der Waals surface area (Å²) in [6, 6.07) is 0. The van der Waals surface area contributed by atoms with Crippen molar-refractivity contribution in [1.29, 1.82) is 0 Å². The number of Topliss-reactive ketones (excluding diaryl/α,β-unsaturated/α-hetero) is 1. The van der Waals surface area contributed by atoms with Crippen molar-refractivity contribution in [2.45, 2.75) is 91.6 Å². The van der Waals surface area contributed by atoms with E-state index in [1.807, 2.05) is 13.0 Å². The second-order valence-corrected chi connectivity index (χ2v) is 13.1. The van der Waals surface area contributed by atoms with Crippen molar-refractivity contribution in [1.82, 2.24) is 0 Å². The van der Waals surface area contributed by atoms with Crippen molar-refractivity contribution >= 4 is 23.7 Å². The number of carbonyl (C=O) groups is 4. The van der Waals surface area contributed by atoms with Gasteiger partial charge in [0.25, 0.3) is 5.09 Å². The van der Waals surface area contributed by atoms with Gasteiger partial charge in [-0.3, -0.25) is 14.4 Å². The number of allylic oxidation sites excluding steroid dienone is 4. The van der Waals surface area contributed by atoms with Crippen molar-refractivity contribution in [3.05, 3.63) is 33.9 Å². The van der Waals surface area contributed by atoms with Gasteiger partial charge in [0.1, 0.15) is 0 Å². The lowest BCUT2D eigenvalue weighted by molar-refractivity contribution is -0.757. The molecule has 0 spiro atoms. The zero-order valence-electron chi connectivity index (χ0n) is 26.2. The second-order valence-electron chi connectivity index (χ2n) is 13.1. The highest BCUT2D eigenvalue weighted by Gasteiger charge is 2.64. The predicted molar refractivity (Wildman–Crippen MR) is 158 cm³/mol. The average Bonchev–Trinajstić information content (AvgIpc) is 3.22. The minimum atomic E-state index is -0.946. The van der Waals surface area contributed by atoms with Gasteiger partial charge in [0, 0.05) is 23.7 Å². The molecule has 0 aromatic carbocycles. The number of unbranched alkanes of at least 4 members (excludes halogenated alkanes) is 2. The summed E-state index contributed by atoms with van der Waals surface area (Å²) in [7, 11) is 0. The molecule has 3 fully saturated rings. The normalized spacial score (nSPS) is 33.4. The van der Waals surface area contributed by atoms with Gasteiger partial charge < -0.3 is 24.5 Å². The third-order valence-corrected chi connectivity index (χ3v) is 10.2. The predicted octanol–water partition coefficient (Wildman–Crippen LogP) is 5.10. The monoisotopic (exact) mass is 621 g/mol. The number of aliphatic hydroxyl groups is 1. The topological polar surface area (TPSA) is 180 Å². The molecule has 12 nitrogen and oxygen atoms in total. The number of aliphatic carboxylic acids is 1. The SMILES string of the molecule is CC1CC2C3CCC4=CC(=O)C=CC4(C)C3C(O)CC2(C)C1C(=O)COC(=O)OCCCCO[N+](=O)[O-].CCCCC(=O)O. The fourth-order valence-electron chi connectivity index (χ4n) is 8.47. The standard InChI is InChI=1S/C27H37NO9.C5H10O2/c1-16-12-20-19-7-6-17-13-18(29)8-9-26(17,2)24(19)21(30)14-27(20,3)23(16)22(31)15-36-25(32)35-10-4-5-11-37-28(33)34;1-2-3-4-5(6)7/h8-9,13,16,19-21,23-24,30H,4-7,10-12,14-15H2,1-3H3;2-4H2,1H3,(H,6,7). The van der Waals surface area contributed by atoms with Crippen LogP contribution in [0.5, 0.6) is 0 Å². The Kier molecular flexibility index (Phi) is 12.1. The van der Waals surface area contributed by atoms with Crippen molar-refractivity contribution in [3.63, 3.8) is 0 Å². The van der Waals surface area contributed by atoms with E-state index in [0.717, 1.165) is 37.7 Å². The molecule has 0 amide bonds. The zero-order valence-corrected chi connectivity index (χ0v) is 26.2. The lowest BCUT2D eigenvalue weighted by atomic mass is 9.46. The quantitative estimate of drug-likeness (QED) is 0.128. The summed E-state index contributed by atoms with van der Waals surface area (Å²) >= 11 is 0. The van der Waals surface area contributed by atoms with Crippen LogP contribution in [-0.2, 0) is 28.7 Å². The number of rotatable bonds is 12. The van der Waals surface area contributed by atoms with Crippen LogP contribution in [0.4, 0.5) is 4.79 Å². The Hall–Kier alpha value is -3.28. The maximum atomic E-state index is 13.3. The molecule has 0 heterocycles. The molecular weight excluding hydrogens is 574 g/mol. The molecule has 4 aliphatic carbocycles. The number of nitrogens with zero attached hydrogens (tertiary/aromatic N) is 1. The molecule has 0 bridgehead atoms. The molecule has 0 saturated heterocycles. The van der Waals surface area contributed by atoms with Gasteiger partial charge in [-0.1, -0.05) is 45.8 Å². The molecule has 4 aliphatic rings. The molecule has 8 atom stereocenters. The lowest BCUT2D eigenvalue weighted by Gasteiger charge is -2.58. The summed E-state index contributed by atoms with van der Waals surface area (Å²) in [4.78, 5) is 61.4. The Morgan fingerprint density at radius 1 is 1.14 bits per heavy atom. The number of hydrogen-bond donors (Lipinski definition) is 2. The molecule has 0 radical (unpaired) electrons. The number of carboxylic acid groups (broad SMARTS) is 1. The van der Waals surface area contributed by atoms with Gasteiger partial charge in [0.15, 0.2) is 18.2 Å². The van der Waals surface area contributed by atoms with Crippen LogP contribution in [-0.4, -0.2) is 64.9 Å². The third-order valence-electron chi connectivity index (χ3n) is 10.2. The van der Waals surface area contributed by atoms with E-state index in [9.17, 15) is 34.4 Å². The van der Waals surface area contributed by atoms with Gasteiger partial charge >= 0.3 is 12.1 Å². The maximum Gasteiger partial charge on any atom is 0.508 e. The van der Waals surface area contributed by atoms with Gasteiger partial charge in [-0.2, -0.15) is 0 Å². The number of fused-ring (bicyclic) bond motifs is 5. The summed E-state index contributed by atoms with van der Waals surface area (Å²) < 4.78 is 10.1. The van der Waals surface area contributed by atoms with Crippen LogP contribution < -0.4 is 0 Å². The van der Waals surface area contributed by atoms with Gasteiger partial charge in [0.05, 0.1) is 19.3 Å². The first kappa shape index (κ1) is 35.2. The van der Waals surface area contributed by atoms with E-state index in [1.54, 1.807) is 12.2 Å². The number of hydrogen-bond acceptors (Lipinski definition) is 10. The molecule has 246 valence electrons. The molecule has 0 aromatic heterocycles. The summed E-state index contributed by atoms with van der Waals surface area (Å²) in [5, 5.41) is 28.8. The molecule has 2 N–H and O–H groups in total. The Bertz CT molecular complexity index is 1150. The molecule has 0 aromatic rings. The molecule has 8 unspecified atom stereocenters. The van der Waals surface area contributed by atoms with Crippen LogP contribution >= 0.6 is 0 Å². The van der Waals surface area contributed by atoms with Gasteiger partial charge in [-0.05, 0) is 80.3 Å². The summed E-state index contributed by atoms with van der Waals surface area (Å²) in [5.74, 6) is -0.619. The number of aliphatic hydroxyl groups excluding tert-OH is 1. The first-order valence-corrected chi connectivity index (χ1v) is 15.7. The van der Waals surface area contributed by atoms with Crippen LogP contribution in [0.2, 0.25) is 0 Å². The lowest BCUT2D eigenvalue weighted by Crippen LogP contribution is -2.56. The second kappa shape index (κ2) is 15.1. The van der Waals surface area contributed by atoms with E-state index in [2.05, 4.69) is 25.6 Å². The van der Waals surface area contributed by atoms with Gasteiger partial charge in [-0.25, -0.2) is 4.79 Å². The Balaban J connectivity index is 0.000000676. The van der Waals surface area contributed by atoms with E-state index in [1.165, 1.54) is 0 Å². The largest absolute Gasteiger partial charge is 0.508 e. The summed E-state index contributed by atoms with van der Waals surface area (Å²) in [6.07, 6.45) is 9.62. The summed E-state index contributed by atoms with van der Waals surface area (Å²) in [5.41, 5.74) is 0.332. The molecule has 0 aliphatic heterocycles. The number of carboxylic acids is 1. The van der Waals surface area contributed by atoms with E-state index in [0.29, 0.717) is 25.7 Å². The number of ether oxygens (including phenoxy) is 2. The highest BCUT2D eigenvalue weighted by molar-refractivity contribution is 6.01. The first-order chi connectivity index (χ1) is 20.7. The highest BCUT2D eigenvalue weighted by atomic mass is 16.9. The minimum Gasteiger partial charge on any atom is -0.481 e. The number of carbonyl (C=O) groups excluding carboxylic acids is 3. The van der Waals surface area contributed by atoms with Crippen LogP contribution in [0.25, 0.3) is 0 Å². The zero-order chi connectivity index (χ0) is 32.7. The molecule has 44 heavy (non-hydrogen) atoms. The van der Waals surface area contributed by atoms with E-state index in [-0.39, 0.29) is 66.4 Å². The molecule has 4 rings (SSSR count). The maximum absolute atomic E-state index is 13.3. The van der Waals surface area contributed by atoms with E-state index >= 15 is 0 Å². The van der Waals surface area contributed by atoms with Crippen LogP contribution in [0.1, 0.15) is 85.5 Å². The average molecular weight is 622 g/mol. The summed E-state index contributed by atoms with van der Waals surface area (Å²) in [6.45, 7) is 7.81. The minimum absolute atomic E-state index is 0.00189. The van der Waals surface area contributed by atoms with E-state index in [4.69, 9.17) is 14.6 Å². The fraction of sp³-hybridized carbons (Fsp3) is 0.750. The molecular formula is C32H47NO11. The van der Waals surface area contributed by atoms with Gasteiger partial charge in [0.2, 0.25) is 0 Å². The smallest absolute Gasteiger partial charge is 0.481 e.